The van der Waals surface area contributed by atoms with E-state index in [1.807, 2.05) is 0 Å². The lowest BCUT2D eigenvalue weighted by atomic mass is 10.1. The van der Waals surface area contributed by atoms with Crippen LogP contribution in [0.3, 0.4) is 0 Å². The van der Waals surface area contributed by atoms with Crippen molar-refractivity contribution in [3.63, 3.8) is 0 Å². The Morgan fingerprint density at radius 1 is 1.11 bits per heavy atom. The molecule has 2 heterocycles. The summed E-state index contributed by atoms with van der Waals surface area (Å²) >= 11 is 0. The van der Waals surface area contributed by atoms with E-state index >= 15 is 0 Å². The van der Waals surface area contributed by atoms with Crippen LogP contribution in [-0.2, 0) is 0 Å². The molecular weight excluding hydrogens is 360 g/mol. The van der Waals surface area contributed by atoms with Gasteiger partial charge < -0.3 is 14.5 Å². The summed E-state index contributed by atoms with van der Waals surface area (Å²) in [4.78, 5) is 37.2. The molecule has 0 radical (unpaired) electrons. The Labute approximate surface area is 149 Å². The number of hydrogen-bond acceptors (Lipinski definition) is 8. The molecule has 0 bridgehead atoms. The van der Waals surface area contributed by atoms with Crippen LogP contribution in [0.4, 0.5) is 11.4 Å². The molecule has 1 aromatic carbocycles. The number of rotatable bonds is 5. The number of nitro groups is 2. The van der Waals surface area contributed by atoms with Crippen molar-refractivity contribution in [2.24, 2.45) is 0 Å². The molecule has 11 heteroatoms. The summed E-state index contributed by atoms with van der Waals surface area (Å²) in [5.74, 6) is -0.403. The van der Waals surface area contributed by atoms with Gasteiger partial charge in [0.05, 0.1) is 9.85 Å². The quantitative estimate of drug-likeness (QED) is 0.511. The SMILES string of the molecule is O=c1[nH]c(/C=C\c2ccc(-c3cccc([N+](=O)[O-])c3)o2)nc(O)c1[N+](=O)[O-]. The van der Waals surface area contributed by atoms with Gasteiger partial charge in [-0.15, -0.1) is 0 Å². The lowest BCUT2D eigenvalue weighted by Gasteiger charge is -1.97. The summed E-state index contributed by atoms with van der Waals surface area (Å²) in [5, 5.41) is 31.0. The second kappa shape index (κ2) is 6.92. The van der Waals surface area contributed by atoms with Crippen LogP contribution in [0.15, 0.2) is 45.6 Å². The Hall–Kier alpha value is -4.28. The Morgan fingerprint density at radius 3 is 2.56 bits per heavy atom. The van der Waals surface area contributed by atoms with Crippen molar-refractivity contribution in [1.82, 2.24) is 9.97 Å². The average molecular weight is 370 g/mol. The average Bonchev–Trinajstić information content (AvgIpc) is 3.08. The Morgan fingerprint density at radius 2 is 1.89 bits per heavy atom. The zero-order valence-corrected chi connectivity index (χ0v) is 13.4. The highest BCUT2D eigenvalue weighted by Crippen LogP contribution is 2.26. The second-order valence-corrected chi connectivity index (χ2v) is 5.22. The molecule has 0 aliphatic heterocycles. The van der Waals surface area contributed by atoms with Crippen molar-refractivity contribution in [2.45, 2.75) is 0 Å². The molecule has 0 spiro atoms. The highest BCUT2D eigenvalue weighted by atomic mass is 16.6. The molecule has 3 rings (SSSR count). The zero-order chi connectivity index (χ0) is 19.6. The highest BCUT2D eigenvalue weighted by molar-refractivity contribution is 5.67. The first kappa shape index (κ1) is 17.5. The number of nitrogens with one attached hydrogen (secondary N) is 1. The van der Waals surface area contributed by atoms with Gasteiger partial charge in [0, 0.05) is 17.7 Å². The summed E-state index contributed by atoms with van der Waals surface area (Å²) in [5.41, 5.74) is -1.71. The minimum Gasteiger partial charge on any atom is -0.488 e. The lowest BCUT2D eigenvalue weighted by Crippen LogP contribution is -2.14. The van der Waals surface area contributed by atoms with Gasteiger partial charge >= 0.3 is 11.2 Å². The van der Waals surface area contributed by atoms with Crippen molar-refractivity contribution in [2.75, 3.05) is 0 Å². The monoisotopic (exact) mass is 370 g/mol. The van der Waals surface area contributed by atoms with Crippen LogP contribution in [0.2, 0.25) is 0 Å². The Bertz CT molecular complexity index is 1130. The molecular formula is C16H10N4O7. The minimum absolute atomic E-state index is 0.0795. The lowest BCUT2D eigenvalue weighted by molar-refractivity contribution is -0.387. The van der Waals surface area contributed by atoms with E-state index in [1.165, 1.54) is 30.4 Å². The van der Waals surface area contributed by atoms with Crippen molar-refractivity contribution in [1.29, 1.82) is 0 Å². The first-order valence-electron chi connectivity index (χ1n) is 7.35. The molecule has 0 aliphatic rings. The number of nitro benzene ring substituents is 1. The van der Waals surface area contributed by atoms with Crippen LogP contribution >= 0.6 is 0 Å². The summed E-state index contributed by atoms with van der Waals surface area (Å²) in [6, 6.07) is 9.07. The van der Waals surface area contributed by atoms with Crippen LogP contribution in [0.1, 0.15) is 11.6 Å². The molecule has 3 aromatic rings. The predicted molar refractivity (Wildman–Crippen MR) is 92.9 cm³/mol. The van der Waals surface area contributed by atoms with E-state index in [9.17, 15) is 30.1 Å². The molecule has 0 unspecified atom stereocenters. The van der Waals surface area contributed by atoms with Crippen LogP contribution in [0, 0.1) is 20.2 Å². The number of aromatic amines is 1. The fraction of sp³-hybridized carbons (Fsp3) is 0. The molecule has 136 valence electrons. The van der Waals surface area contributed by atoms with Crippen molar-refractivity contribution in [3.8, 4) is 17.2 Å². The molecule has 0 saturated heterocycles. The first-order valence-corrected chi connectivity index (χ1v) is 7.35. The fourth-order valence-electron chi connectivity index (χ4n) is 2.25. The van der Waals surface area contributed by atoms with E-state index in [2.05, 4.69) is 9.97 Å². The number of aromatic hydroxyl groups is 1. The molecule has 2 N–H and O–H groups in total. The molecule has 0 fully saturated rings. The predicted octanol–water partition coefficient (Wildman–Crippen LogP) is 2.72. The van der Waals surface area contributed by atoms with Gasteiger partial charge in [-0.3, -0.25) is 25.0 Å². The van der Waals surface area contributed by atoms with E-state index in [1.54, 1.807) is 18.2 Å². The summed E-state index contributed by atoms with van der Waals surface area (Å²) < 4.78 is 5.55. The van der Waals surface area contributed by atoms with Crippen molar-refractivity contribution >= 4 is 23.5 Å². The smallest absolute Gasteiger partial charge is 0.395 e. The Kier molecular flexibility index (Phi) is 4.49. The van der Waals surface area contributed by atoms with Crippen molar-refractivity contribution in [3.05, 3.63) is 78.6 Å². The third-order valence-electron chi connectivity index (χ3n) is 3.45. The molecule has 0 amide bonds. The van der Waals surface area contributed by atoms with Crippen LogP contribution < -0.4 is 5.56 Å². The fourth-order valence-corrected chi connectivity index (χ4v) is 2.25. The standard InChI is InChI=1S/C16H10N4O7/c21-15-14(20(25)26)16(22)18-13(17-15)7-5-11-4-6-12(27-11)9-2-1-3-10(8-9)19(23)24/h1-8H,(H2,17,18,21,22)/b7-5-. The maximum Gasteiger partial charge on any atom is 0.395 e. The van der Waals surface area contributed by atoms with Gasteiger partial charge in [-0.2, -0.15) is 4.98 Å². The molecule has 0 atom stereocenters. The summed E-state index contributed by atoms with van der Waals surface area (Å²) in [7, 11) is 0. The van der Waals surface area contributed by atoms with Gasteiger partial charge in [-0.25, -0.2) is 0 Å². The topological polar surface area (TPSA) is 165 Å². The van der Waals surface area contributed by atoms with Gasteiger partial charge in [0.25, 0.3) is 11.6 Å². The van der Waals surface area contributed by atoms with Gasteiger partial charge in [0.1, 0.15) is 17.3 Å². The van der Waals surface area contributed by atoms with Gasteiger partial charge in [-0.05, 0) is 24.3 Å². The third kappa shape index (κ3) is 3.71. The number of non-ortho nitro benzene ring substituents is 1. The first-order chi connectivity index (χ1) is 12.8. The largest absolute Gasteiger partial charge is 0.488 e. The Balaban J connectivity index is 1.86. The number of nitrogens with zero attached hydrogens (tertiary/aromatic N) is 3. The minimum atomic E-state index is -1.09. The molecule has 27 heavy (non-hydrogen) atoms. The number of furan rings is 1. The maximum absolute atomic E-state index is 11.6. The van der Waals surface area contributed by atoms with Crippen LogP contribution in [-0.4, -0.2) is 24.9 Å². The molecule has 11 nitrogen and oxygen atoms in total. The van der Waals surface area contributed by atoms with Gasteiger partial charge in [-0.1, -0.05) is 12.1 Å². The third-order valence-corrected chi connectivity index (χ3v) is 3.45. The maximum atomic E-state index is 11.6. The number of benzene rings is 1. The van der Waals surface area contributed by atoms with Gasteiger partial charge in [0.15, 0.2) is 0 Å². The highest BCUT2D eigenvalue weighted by Gasteiger charge is 2.21. The van der Waals surface area contributed by atoms with Crippen LogP contribution in [0.5, 0.6) is 5.88 Å². The summed E-state index contributed by atoms with van der Waals surface area (Å²) in [6.45, 7) is 0. The second-order valence-electron chi connectivity index (χ2n) is 5.22. The van der Waals surface area contributed by atoms with E-state index in [0.717, 1.165) is 0 Å². The summed E-state index contributed by atoms with van der Waals surface area (Å²) in [6.07, 6.45) is 2.69. The van der Waals surface area contributed by atoms with E-state index in [0.29, 0.717) is 17.1 Å². The molecule has 0 aliphatic carbocycles. The van der Waals surface area contributed by atoms with E-state index in [4.69, 9.17) is 4.42 Å². The van der Waals surface area contributed by atoms with Gasteiger partial charge in [0.2, 0.25) is 0 Å². The zero-order valence-electron chi connectivity index (χ0n) is 13.4. The van der Waals surface area contributed by atoms with Crippen molar-refractivity contribution < 1.29 is 19.4 Å². The van der Waals surface area contributed by atoms with E-state index in [-0.39, 0.29) is 11.5 Å². The normalized spacial score (nSPS) is 11.0. The number of aromatic nitrogens is 2. The number of H-pyrrole nitrogens is 1. The van der Waals surface area contributed by atoms with E-state index < -0.39 is 27.0 Å². The molecule has 2 aromatic heterocycles. The number of hydrogen-bond donors (Lipinski definition) is 2. The van der Waals surface area contributed by atoms with Crippen LogP contribution in [0.25, 0.3) is 23.5 Å². The molecule has 0 saturated carbocycles.